The molecule has 0 aromatic carbocycles. The van der Waals surface area contributed by atoms with Crippen LogP contribution in [-0.4, -0.2) is 36.0 Å². The molecule has 0 spiro atoms. The second kappa shape index (κ2) is 6.76. The van der Waals surface area contributed by atoms with E-state index in [2.05, 4.69) is 9.82 Å². The summed E-state index contributed by atoms with van der Waals surface area (Å²) in [6.07, 6.45) is 2.62. The fraction of sp³-hybridized carbons (Fsp3) is 0.769. The van der Waals surface area contributed by atoms with Gasteiger partial charge < -0.3 is 10.8 Å². The first-order valence-corrected chi connectivity index (χ1v) is 8.56. The fourth-order valence-electron chi connectivity index (χ4n) is 2.02. The molecule has 0 aliphatic heterocycles. The molecule has 1 unspecified atom stereocenters. The van der Waals surface area contributed by atoms with E-state index < -0.39 is 10.0 Å². The molecule has 7 nitrogen and oxygen atoms in total. The van der Waals surface area contributed by atoms with Crippen molar-refractivity contribution in [3.63, 3.8) is 0 Å². The Kier molecular flexibility index (Phi) is 5.77. The highest BCUT2D eigenvalue weighted by Gasteiger charge is 2.31. The summed E-state index contributed by atoms with van der Waals surface area (Å²) in [6, 6.07) is -0.388. The van der Waals surface area contributed by atoms with Crippen molar-refractivity contribution in [3.05, 3.63) is 6.20 Å². The van der Waals surface area contributed by atoms with Crippen molar-refractivity contribution in [1.29, 1.82) is 0 Å². The molecule has 8 heteroatoms. The Morgan fingerprint density at radius 3 is 2.57 bits per heavy atom. The smallest absolute Gasteiger partial charge is 0.246 e. The second-order valence-corrected chi connectivity index (χ2v) is 7.88. The van der Waals surface area contributed by atoms with Crippen molar-refractivity contribution in [2.75, 3.05) is 12.3 Å². The number of sulfonamides is 1. The van der Waals surface area contributed by atoms with E-state index in [0.29, 0.717) is 13.0 Å². The first-order chi connectivity index (χ1) is 9.61. The zero-order valence-corrected chi connectivity index (χ0v) is 13.9. The predicted octanol–water partition coefficient (Wildman–Crippen LogP) is 0.951. The summed E-state index contributed by atoms with van der Waals surface area (Å²) >= 11 is 0. The minimum Gasteiger partial charge on any atom is -0.396 e. The Hall–Kier alpha value is -1.12. The molecule has 0 saturated heterocycles. The van der Waals surface area contributed by atoms with Crippen molar-refractivity contribution in [2.45, 2.75) is 58.0 Å². The van der Waals surface area contributed by atoms with Gasteiger partial charge in [0.15, 0.2) is 5.82 Å². The van der Waals surface area contributed by atoms with Gasteiger partial charge in [-0.25, -0.2) is 13.1 Å². The first kappa shape index (κ1) is 17.9. The molecule has 4 N–H and O–H groups in total. The van der Waals surface area contributed by atoms with Crippen molar-refractivity contribution in [1.82, 2.24) is 14.5 Å². The first-order valence-electron chi connectivity index (χ1n) is 7.08. The highest BCUT2D eigenvalue weighted by atomic mass is 32.2. The van der Waals surface area contributed by atoms with Crippen LogP contribution in [0.2, 0.25) is 0 Å². The van der Waals surface area contributed by atoms with E-state index in [1.54, 1.807) is 0 Å². The number of aliphatic hydroxyl groups is 1. The quantitative estimate of drug-likeness (QED) is 0.693. The molecule has 21 heavy (non-hydrogen) atoms. The number of nitrogens with zero attached hydrogens (tertiary/aromatic N) is 2. The number of rotatable bonds is 7. The molecule has 0 aliphatic rings. The Morgan fingerprint density at radius 1 is 1.48 bits per heavy atom. The summed E-state index contributed by atoms with van der Waals surface area (Å²) in [4.78, 5) is -0.0110. The highest BCUT2D eigenvalue weighted by Crippen LogP contribution is 2.25. The largest absolute Gasteiger partial charge is 0.396 e. The normalized spacial score (nSPS) is 14.3. The molecule has 1 atom stereocenters. The SMILES string of the molecule is CCCn1cc(S(=O)(=O)NC(CCO)C(C)(C)C)c(N)n1. The van der Waals surface area contributed by atoms with E-state index in [9.17, 15) is 8.42 Å². The lowest BCUT2D eigenvalue weighted by molar-refractivity contribution is 0.214. The summed E-state index contributed by atoms with van der Waals surface area (Å²) in [6.45, 7) is 8.24. The average molecular weight is 318 g/mol. The minimum atomic E-state index is -3.76. The van der Waals surface area contributed by atoms with E-state index >= 15 is 0 Å². The van der Waals surface area contributed by atoms with Gasteiger partial charge >= 0.3 is 0 Å². The molecule has 0 aliphatic carbocycles. The predicted molar refractivity (Wildman–Crippen MR) is 82.2 cm³/mol. The van der Waals surface area contributed by atoms with Crippen molar-refractivity contribution >= 4 is 15.8 Å². The molecule has 1 heterocycles. The van der Waals surface area contributed by atoms with Crippen LogP contribution in [0.25, 0.3) is 0 Å². The number of aryl methyl sites for hydroxylation is 1. The topological polar surface area (TPSA) is 110 Å². The molecule has 0 radical (unpaired) electrons. The molecular weight excluding hydrogens is 292 g/mol. The van der Waals surface area contributed by atoms with Crippen LogP contribution in [0.1, 0.15) is 40.5 Å². The Labute approximate surface area is 126 Å². The minimum absolute atomic E-state index is 0.00684. The van der Waals surface area contributed by atoms with Crippen LogP contribution in [0.3, 0.4) is 0 Å². The molecule has 1 rings (SSSR count). The summed E-state index contributed by atoms with van der Waals surface area (Å²) in [5.41, 5.74) is 5.40. The lowest BCUT2D eigenvalue weighted by atomic mass is 9.86. The number of nitrogens with one attached hydrogen (secondary N) is 1. The van der Waals surface area contributed by atoms with Gasteiger partial charge in [-0.3, -0.25) is 4.68 Å². The van der Waals surface area contributed by atoms with E-state index in [0.717, 1.165) is 6.42 Å². The molecule has 0 bridgehead atoms. The number of aromatic nitrogens is 2. The van der Waals surface area contributed by atoms with Gasteiger partial charge in [-0.15, -0.1) is 0 Å². The lowest BCUT2D eigenvalue weighted by Gasteiger charge is -2.30. The van der Waals surface area contributed by atoms with Crippen LogP contribution in [0, 0.1) is 5.41 Å². The van der Waals surface area contributed by atoms with Crippen LogP contribution < -0.4 is 10.5 Å². The monoisotopic (exact) mass is 318 g/mol. The molecular formula is C13H26N4O3S. The number of hydrogen-bond donors (Lipinski definition) is 3. The molecule has 0 fully saturated rings. The molecule has 1 aromatic rings. The van der Waals surface area contributed by atoms with Crippen LogP contribution in [-0.2, 0) is 16.6 Å². The van der Waals surface area contributed by atoms with Crippen molar-refractivity contribution in [3.8, 4) is 0 Å². The van der Waals surface area contributed by atoms with Crippen LogP contribution >= 0.6 is 0 Å². The summed E-state index contributed by atoms with van der Waals surface area (Å²) < 4.78 is 29.1. The summed E-state index contributed by atoms with van der Waals surface area (Å²) in [7, 11) is -3.76. The Morgan fingerprint density at radius 2 is 2.10 bits per heavy atom. The van der Waals surface area contributed by atoms with E-state index in [4.69, 9.17) is 10.8 Å². The fourth-order valence-corrected chi connectivity index (χ4v) is 3.57. The van der Waals surface area contributed by atoms with E-state index in [-0.39, 0.29) is 28.8 Å². The van der Waals surface area contributed by atoms with Gasteiger partial charge in [0.05, 0.1) is 0 Å². The molecule has 1 aromatic heterocycles. The van der Waals surface area contributed by atoms with Gasteiger partial charge in [-0.05, 0) is 18.3 Å². The number of nitrogens with two attached hydrogens (primary N) is 1. The van der Waals surface area contributed by atoms with Gasteiger partial charge in [0.1, 0.15) is 4.90 Å². The maximum Gasteiger partial charge on any atom is 0.246 e. The maximum atomic E-state index is 12.5. The second-order valence-electron chi connectivity index (χ2n) is 6.19. The molecule has 0 amide bonds. The standard InChI is InChI=1S/C13H26N4O3S/c1-5-7-17-9-10(12(14)15-17)21(19,20)16-11(6-8-18)13(2,3)4/h9,11,16,18H,5-8H2,1-4H3,(H2,14,15). The third kappa shape index (κ3) is 4.69. The van der Waals surface area contributed by atoms with Gasteiger partial charge in [-0.2, -0.15) is 5.10 Å². The summed E-state index contributed by atoms with van der Waals surface area (Å²) in [5.74, 6) is -0.00684. The highest BCUT2D eigenvalue weighted by molar-refractivity contribution is 7.89. The average Bonchev–Trinajstić information content (AvgIpc) is 2.70. The van der Waals surface area contributed by atoms with Gasteiger partial charge in [0.2, 0.25) is 10.0 Å². The summed E-state index contributed by atoms with van der Waals surface area (Å²) in [5, 5.41) is 13.1. The number of aliphatic hydroxyl groups excluding tert-OH is 1. The zero-order valence-electron chi connectivity index (χ0n) is 13.1. The van der Waals surface area contributed by atoms with E-state index in [1.807, 2.05) is 27.7 Å². The lowest BCUT2D eigenvalue weighted by Crippen LogP contribution is -2.44. The molecule has 122 valence electrons. The third-order valence-electron chi connectivity index (χ3n) is 3.26. The van der Waals surface area contributed by atoms with Gasteiger partial charge in [0.25, 0.3) is 0 Å². The molecule has 0 saturated carbocycles. The van der Waals surface area contributed by atoms with Gasteiger partial charge in [0, 0.05) is 25.4 Å². The number of hydrogen-bond acceptors (Lipinski definition) is 5. The number of nitrogen functional groups attached to an aromatic ring is 1. The van der Waals surface area contributed by atoms with Crippen LogP contribution in [0.15, 0.2) is 11.1 Å². The van der Waals surface area contributed by atoms with Crippen molar-refractivity contribution in [2.24, 2.45) is 5.41 Å². The Bertz CT molecular complexity index is 560. The maximum absolute atomic E-state index is 12.5. The van der Waals surface area contributed by atoms with Crippen molar-refractivity contribution < 1.29 is 13.5 Å². The zero-order chi connectivity index (χ0) is 16.3. The van der Waals surface area contributed by atoms with Gasteiger partial charge in [-0.1, -0.05) is 27.7 Å². The number of anilines is 1. The van der Waals surface area contributed by atoms with Crippen LogP contribution in [0.4, 0.5) is 5.82 Å². The Balaban J connectivity index is 3.04. The van der Waals surface area contributed by atoms with E-state index in [1.165, 1.54) is 10.9 Å². The van der Waals surface area contributed by atoms with Crippen LogP contribution in [0.5, 0.6) is 0 Å². The third-order valence-corrected chi connectivity index (χ3v) is 4.75.